The molecule has 1 rings (SSSR count). The molecule has 11 heavy (non-hydrogen) atoms. The molecule has 0 radical (unpaired) electrons. The van der Waals surface area contributed by atoms with Crippen LogP contribution in [0.25, 0.3) is 0 Å². The number of nitro groups is 1. The highest BCUT2D eigenvalue weighted by Crippen LogP contribution is 2.33. The minimum atomic E-state index is -0.686. The van der Waals surface area contributed by atoms with Crippen LogP contribution in [0.1, 0.15) is 13.3 Å². The number of ether oxygens (including phenoxy) is 1. The van der Waals surface area contributed by atoms with Gasteiger partial charge in [0.1, 0.15) is 5.92 Å². The van der Waals surface area contributed by atoms with Crippen molar-refractivity contribution in [3.8, 4) is 0 Å². The molecule has 5 heteroatoms. The Kier molecular flexibility index (Phi) is 2.07. The van der Waals surface area contributed by atoms with Gasteiger partial charge in [-0.2, -0.15) is 0 Å². The van der Waals surface area contributed by atoms with Gasteiger partial charge in [0.05, 0.1) is 6.61 Å². The van der Waals surface area contributed by atoms with Crippen molar-refractivity contribution in [3.63, 3.8) is 0 Å². The van der Waals surface area contributed by atoms with Gasteiger partial charge in [-0.3, -0.25) is 14.9 Å². The van der Waals surface area contributed by atoms with Crippen LogP contribution in [-0.4, -0.2) is 23.5 Å². The van der Waals surface area contributed by atoms with Crippen molar-refractivity contribution >= 4 is 5.97 Å². The normalized spacial score (nSPS) is 27.7. The van der Waals surface area contributed by atoms with Gasteiger partial charge in [0.25, 0.3) is 0 Å². The van der Waals surface area contributed by atoms with E-state index < -0.39 is 22.9 Å². The summed E-state index contributed by atoms with van der Waals surface area (Å²) in [6.45, 7) is 1.97. The Labute approximate surface area is 63.5 Å². The first-order valence-electron chi connectivity index (χ1n) is 3.47. The van der Waals surface area contributed by atoms with Gasteiger partial charge in [-0.1, -0.05) is 0 Å². The Morgan fingerprint density at radius 1 is 1.82 bits per heavy atom. The lowest BCUT2D eigenvalue weighted by atomic mass is 10.4. The van der Waals surface area contributed by atoms with E-state index in [-0.39, 0.29) is 0 Å². The molecular weight excluding hydrogens is 150 g/mol. The second-order valence-corrected chi connectivity index (χ2v) is 2.45. The van der Waals surface area contributed by atoms with Gasteiger partial charge in [0, 0.05) is 11.3 Å². The number of carbonyl (C=O) groups is 1. The van der Waals surface area contributed by atoms with Crippen LogP contribution in [0.5, 0.6) is 0 Å². The smallest absolute Gasteiger partial charge is 0.316 e. The first-order chi connectivity index (χ1) is 5.16. The van der Waals surface area contributed by atoms with Crippen LogP contribution < -0.4 is 0 Å². The summed E-state index contributed by atoms with van der Waals surface area (Å²) in [5, 5.41) is 10.1. The van der Waals surface area contributed by atoms with Gasteiger partial charge in [0.15, 0.2) is 0 Å². The molecular formula is C6H9NO4. The maximum atomic E-state index is 10.8. The van der Waals surface area contributed by atoms with E-state index in [0.29, 0.717) is 13.0 Å². The van der Waals surface area contributed by atoms with Crippen LogP contribution in [0.4, 0.5) is 0 Å². The monoisotopic (exact) mass is 159 g/mol. The van der Waals surface area contributed by atoms with Gasteiger partial charge < -0.3 is 4.74 Å². The van der Waals surface area contributed by atoms with E-state index in [1.54, 1.807) is 6.92 Å². The lowest BCUT2D eigenvalue weighted by Gasteiger charge is -1.96. The Balaban J connectivity index is 2.32. The Hall–Kier alpha value is -1.13. The molecule has 1 fully saturated rings. The average Bonchev–Trinajstić information content (AvgIpc) is 2.65. The third-order valence-electron chi connectivity index (χ3n) is 1.62. The molecule has 0 aliphatic heterocycles. The summed E-state index contributed by atoms with van der Waals surface area (Å²) in [6.07, 6.45) is 0.339. The highest BCUT2D eigenvalue weighted by Gasteiger charge is 2.54. The maximum absolute atomic E-state index is 10.8. The van der Waals surface area contributed by atoms with E-state index in [9.17, 15) is 14.9 Å². The summed E-state index contributed by atoms with van der Waals surface area (Å²) in [7, 11) is 0. The molecule has 1 aliphatic carbocycles. The number of esters is 1. The van der Waals surface area contributed by atoms with Crippen LogP contribution in [0.2, 0.25) is 0 Å². The second kappa shape index (κ2) is 2.86. The molecule has 1 saturated carbocycles. The molecule has 0 unspecified atom stereocenters. The standard InChI is InChI=1S/C6H9NO4/c1-2-11-6(8)4-3-5(4)7(9)10/h4-5H,2-3H2,1H3/t4-,5-/m1/s1. The molecule has 0 heterocycles. The predicted molar refractivity (Wildman–Crippen MR) is 35.5 cm³/mol. The fraction of sp³-hybridized carbons (Fsp3) is 0.833. The zero-order valence-corrected chi connectivity index (χ0v) is 6.15. The van der Waals surface area contributed by atoms with Crippen molar-refractivity contribution in [3.05, 3.63) is 10.1 Å². The van der Waals surface area contributed by atoms with Crippen LogP contribution in [0.15, 0.2) is 0 Å². The van der Waals surface area contributed by atoms with Gasteiger partial charge in [0.2, 0.25) is 6.04 Å². The fourth-order valence-electron chi connectivity index (χ4n) is 0.917. The van der Waals surface area contributed by atoms with Crippen molar-refractivity contribution in [1.29, 1.82) is 0 Å². The number of rotatable bonds is 3. The number of nitrogens with zero attached hydrogens (tertiary/aromatic N) is 1. The summed E-state index contributed by atoms with van der Waals surface area (Å²) in [5.74, 6) is -0.917. The fourth-order valence-corrected chi connectivity index (χ4v) is 0.917. The van der Waals surface area contributed by atoms with E-state index in [0.717, 1.165) is 0 Å². The average molecular weight is 159 g/mol. The van der Waals surface area contributed by atoms with Crippen molar-refractivity contribution < 1.29 is 14.5 Å². The van der Waals surface area contributed by atoms with Gasteiger partial charge in [-0.05, 0) is 6.92 Å². The molecule has 0 saturated heterocycles. The van der Waals surface area contributed by atoms with Gasteiger partial charge in [-0.25, -0.2) is 0 Å². The number of hydrogen-bond donors (Lipinski definition) is 0. The molecule has 0 spiro atoms. The highest BCUT2D eigenvalue weighted by atomic mass is 16.6. The first kappa shape index (κ1) is 7.97. The summed E-state index contributed by atoms with van der Waals surface area (Å²) < 4.78 is 4.60. The quantitative estimate of drug-likeness (QED) is 0.335. The lowest BCUT2D eigenvalue weighted by molar-refractivity contribution is -0.497. The summed E-state index contributed by atoms with van der Waals surface area (Å²) in [4.78, 5) is 20.4. The SMILES string of the molecule is CCOC(=O)[C@@H]1C[C@H]1[N+](=O)[O-]. The predicted octanol–water partition coefficient (Wildman–Crippen LogP) is 0.215. The van der Waals surface area contributed by atoms with Crippen LogP contribution in [-0.2, 0) is 9.53 Å². The van der Waals surface area contributed by atoms with Crippen molar-refractivity contribution in [2.24, 2.45) is 5.92 Å². The maximum Gasteiger partial charge on any atom is 0.316 e. The van der Waals surface area contributed by atoms with E-state index in [1.165, 1.54) is 0 Å². The topological polar surface area (TPSA) is 69.4 Å². The van der Waals surface area contributed by atoms with E-state index in [4.69, 9.17) is 0 Å². The molecule has 5 nitrogen and oxygen atoms in total. The summed E-state index contributed by atoms with van der Waals surface area (Å²) in [5.41, 5.74) is 0. The third-order valence-corrected chi connectivity index (χ3v) is 1.62. The molecule has 1 aliphatic rings. The van der Waals surface area contributed by atoms with Gasteiger partial charge in [-0.15, -0.1) is 0 Å². The van der Waals surface area contributed by atoms with Gasteiger partial charge >= 0.3 is 5.97 Å². The molecule has 0 bridgehead atoms. The molecule has 0 aromatic rings. The van der Waals surface area contributed by atoms with Crippen molar-refractivity contribution in [2.45, 2.75) is 19.4 Å². The van der Waals surface area contributed by atoms with E-state index in [2.05, 4.69) is 4.74 Å². The second-order valence-electron chi connectivity index (χ2n) is 2.45. The zero-order valence-electron chi connectivity index (χ0n) is 6.15. The molecule has 62 valence electrons. The third kappa shape index (κ3) is 1.66. The zero-order chi connectivity index (χ0) is 8.43. The molecule has 0 amide bonds. The van der Waals surface area contributed by atoms with Crippen LogP contribution >= 0.6 is 0 Å². The largest absolute Gasteiger partial charge is 0.466 e. The minimum absolute atomic E-state index is 0.291. The number of hydrogen-bond acceptors (Lipinski definition) is 4. The Bertz CT molecular complexity index is 191. The molecule has 2 atom stereocenters. The van der Waals surface area contributed by atoms with Crippen molar-refractivity contribution in [2.75, 3.05) is 6.61 Å². The Morgan fingerprint density at radius 2 is 2.45 bits per heavy atom. The molecule has 0 aromatic carbocycles. The Morgan fingerprint density at radius 3 is 2.82 bits per heavy atom. The van der Waals surface area contributed by atoms with Crippen molar-refractivity contribution in [1.82, 2.24) is 0 Å². The molecule has 0 N–H and O–H groups in total. The summed E-state index contributed by atoms with van der Waals surface area (Å²) >= 11 is 0. The molecule has 0 aromatic heterocycles. The summed E-state index contributed by atoms with van der Waals surface area (Å²) in [6, 6.07) is -0.686. The van der Waals surface area contributed by atoms with E-state index >= 15 is 0 Å². The minimum Gasteiger partial charge on any atom is -0.466 e. The van der Waals surface area contributed by atoms with Crippen LogP contribution in [0.3, 0.4) is 0 Å². The van der Waals surface area contributed by atoms with Crippen LogP contribution in [0, 0.1) is 16.0 Å². The number of carbonyl (C=O) groups excluding carboxylic acids is 1. The van der Waals surface area contributed by atoms with E-state index in [1.807, 2.05) is 0 Å². The highest BCUT2D eigenvalue weighted by molar-refractivity contribution is 5.76. The lowest BCUT2D eigenvalue weighted by Crippen LogP contribution is -2.13. The first-order valence-corrected chi connectivity index (χ1v) is 3.47.